The van der Waals surface area contributed by atoms with E-state index in [1.54, 1.807) is 6.33 Å². The molecule has 1 aromatic heterocycles. The summed E-state index contributed by atoms with van der Waals surface area (Å²) in [4.78, 5) is 0. The molecule has 0 saturated heterocycles. The minimum Gasteiger partial charge on any atom is -0.388 e. The summed E-state index contributed by atoms with van der Waals surface area (Å²) in [6.45, 7) is 7.07. The molecule has 0 aliphatic heterocycles. The lowest BCUT2D eigenvalue weighted by Gasteiger charge is -2.43. The topological polar surface area (TPSA) is 50.9 Å². The van der Waals surface area contributed by atoms with Gasteiger partial charge in [-0.25, -0.2) is 0 Å². The van der Waals surface area contributed by atoms with Gasteiger partial charge in [0.25, 0.3) is 0 Å². The van der Waals surface area contributed by atoms with Crippen LogP contribution in [-0.2, 0) is 6.61 Å². The van der Waals surface area contributed by atoms with Gasteiger partial charge in [0.1, 0.15) is 12.9 Å². The molecule has 94 valence electrons. The Morgan fingerprint density at radius 3 is 2.82 bits per heavy atom. The van der Waals surface area contributed by atoms with Gasteiger partial charge in [0.05, 0.1) is 0 Å². The summed E-state index contributed by atoms with van der Waals surface area (Å²) in [6, 6.07) is 0.422. The van der Waals surface area contributed by atoms with Crippen LogP contribution in [0.1, 0.15) is 51.9 Å². The summed E-state index contributed by atoms with van der Waals surface area (Å²) < 4.78 is 2.12. The number of hydrogen-bond donors (Lipinski definition) is 1. The van der Waals surface area contributed by atoms with Crippen molar-refractivity contribution in [2.45, 2.75) is 52.7 Å². The van der Waals surface area contributed by atoms with Gasteiger partial charge >= 0.3 is 0 Å². The zero-order valence-corrected chi connectivity index (χ0v) is 10.8. The molecule has 3 unspecified atom stereocenters. The Bertz CT molecular complexity index is 435. The van der Waals surface area contributed by atoms with Gasteiger partial charge in [-0.15, -0.1) is 10.2 Å². The number of aromatic nitrogens is 3. The molecular weight excluding hydrogens is 214 g/mol. The fourth-order valence-corrected chi connectivity index (χ4v) is 4.57. The van der Waals surface area contributed by atoms with E-state index in [1.807, 2.05) is 0 Å². The van der Waals surface area contributed by atoms with E-state index < -0.39 is 0 Å². The number of aliphatic hydroxyl groups is 1. The molecular formula is C13H21N3O. The largest absolute Gasteiger partial charge is 0.388 e. The first-order chi connectivity index (χ1) is 7.99. The molecule has 4 heteroatoms. The molecule has 2 saturated carbocycles. The van der Waals surface area contributed by atoms with Crippen molar-refractivity contribution < 1.29 is 5.11 Å². The maximum atomic E-state index is 9.37. The molecule has 17 heavy (non-hydrogen) atoms. The highest BCUT2D eigenvalue weighted by atomic mass is 16.3. The first-order valence-electron chi connectivity index (χ1n) is 6.48. The van der Waals surface area contributed by atoms with Gasteiger partial charge in [-0.1, -0.05) is 20.8 Å². The summed E-state index contributed by atoms with van der Waals surface area (Å²) in [5.41, 5.74) is 0.625. The second-order valence-electron chi connectivity index (χ2n) is 6.63. The quantitative estimate of drug-likeness (QED) is 0.854. The van der Waals surface area contributed by atoms with Crippen molar-refractivity contribution in [3.63, 3.8) is 0 Å². The fraction of sp³-hybridized carbons (Fsp3) is 0.846. The third kappa shape index (κ3) is 1.33. The number of aliphatic hydroxyl groups excluding tert-OH is 1. The maximum Gasteiger partial charge on any atom is 0.158 e. The van der Waals surface area contributed by atoms with Gasteiger partial charge in [-0.05, 0) is 36.0 Å². The SMILES string of the molecule is CC12CCC(C1)C(C)(C)C2n1cnnc1CO. The van der Waals surface area contributed by atoms with Crippen LogP contribution in [0.15, 0.2) is 6.33 Å². The van der Waals surface area contributed by atoms with E-state index in [-0.39, 0.29) is 12.0 Å². The van der Waals surface area contributed by atoms with Crippen LogP contribution in [0.3, 0.4) is 0 Å². The predicted octanol–water partition coefficient (Wildman–Crippen LogP) is 2.16. The number of fused-ring (bicyclic) bond motifs is 2. The van der Waals surface area contributed by atoms with Gasteiger partial charge < -0.3 is 9.67 Å². The molecule has 1 heterocycles. The van der Waals surface area contributed by atoms with E-state index >= 15 is 0 Å². The van der Waals surface area contributed by atoms with Crippen molar-refractivity contribution in [1.29, 1.82) is 0 Å². The zero-order chi connectivity index (χ0) is 12.3. The zero-order valence-electron chi connectivity index (χ0n) is 10.8. The Kier molecular flexibility index (Phi) is 2.18. The lowest BCUT2D eigenvalue weighted by molar-refractivity contribution is 0.0772. The molecule has 0 amide bonds. The third-order valence-electron chi connectivity index (χ3n) is 5.26. The first kappa shape index (κ1) is 11.2. The molecule has 3 atom stereocenters. The van der Waals surface area contributed by atoms with E-state index in [2.05, 4.69) is 35.5 Å². The molecule has 2 bridgehead atoms. The highest BCUT2D eigenvalue weighted by Crippen LogP contribution is 2.68. The summed E-state index contributed by atoms with van der Waals surface area (Å²) in [6.07, 6.45) is 5.73. The maximum absolute atomic E-state index is 9.37. The second-order valence-corrected chi connectivity index (χ2v) is 6.63. The average molecular weight is 235 g/mol. The Morgan fingerprint density at radius 1 is 1.47 bits per heavy atom. The van der Waals surface area contributed by atoms with Crippen molar-refractivity contribution in [1.82, 2.24) is 14.8 Å². The molecule has 4 nitrogen and oxygen atoms in total. The van der Waals surface area contributed by atoms with Crippen molar-refractivity contribution in [2.75, 3.05) is 0 Å². The van der Waals surface area contributed by atoms with Gasteiger partial charge in [-0.2, -0.15) is 0 Å². The Hall–Kier alpha value is -0.900. The molecule has 0 radical (unpaired) electrons. The van der Waals surface area contributed by atoms with Gasteiger partial charge in [-0.3, -0.25) is 0 Å². The van der Waals surface area contributed by atoms with Crippen molar-refractivity contribution >= 4 is 0 Å². The predicted molar refractivity (Wildman–Crippen MR) is 64.2 cm³/mol. The second kappa shape index (κ2) is 3.31. The van der Waals surface area contributed by atoms with Crippen molar-refractivity contribution in [2.24, 2.45) is 16.7 Å². The highest BCUT2D eigenvalue weighted by molar-refractivity contribution is 5.12. The smallest absolute Gasteiger partial charge is 0.158 e. The Balaban J connectivity index is 2.08. The standard InChI is InChI=1S/C13H21N3O/c1-12(2)9-4-5-13(3,6-9)11(12)16-8-14-15-10(16)7-17/h8-9,11,17H,4-7H2,1-3H3. The number of rotatable bonds is 2. The normalized spacial score (nSPS) is 38.8. The van der Waals surface area contributed by atoms with E-state index in [0.29, 0.717) is 17.3 Å². The molecule has 0 aromatic carbocycles. The third-order valence-corrected chi connectivity index (χ3v) is 5.26. The van der Waals surface area contributed by atoms with Crippen molar-refractivity contribution in [3.8, 4) is 0 Å². The summed E-state index contributed by atoms with van der Waals surface area (Å²) in [5.74, 6) is 1.50. The van der Waals surface area contributed by atoms with Crippen LogP contribution in [0.5, 0.6) is 0 Å². The molecule has 1 aromatic rings. The Morgan fingerprint density at radius 2 is 2.24 bits per heavy atom. The molecule has 2 aliphatic carbocycles. The van der Waals surface area contributed by atoms with Gasteiger partial charge in [0.15, 0.2) is 5.82 Å². The highest BCUT2D eigenvalue weighted by Gasteiger charge is 2.60. The van der Waals surface area contributed by atoms with E-state index in [4.69, 9.17) is 0 Å². The van der Waals surface area contributed by atoms with Crippen LogP contribution in [0.4, 0.5) is 0 Å². The lowest BCUT2D eigenvalue weighted by atomic mass is 9.68. The minimum atomic E-state index is -0.0205. The minimum absolute atomic E-state index is 0.0205. The van der Waals surface area contributed by atoms with Gasteiger partial charge in [0.2, 0.25) is 0 Å². The molecule has 2 fully saturated rings. The monoisotopic (exact) mass is 235 g/mol. The molecule has 3 rings (SSSR count). The van der Waals surface area contributed by atoms with Crippen molar-refractivity contribution in [3.05, 3.63) is 12.2 Å². The number of nitrogens with zero attached hydrogens (tertiary/aromatic N) is 3. The first-order valence-corrected chi connectivity index (χ1v) is 6.48. The summed E-state index contributed by atoms with van der Waals surface area (Å²) >= 11 is 0. The van der Waals surface area contributed by atoms with Crippen LogP contribution in [0.2, 0.25) is 0 Å². The average Bonchev–Trinajstić information content (AvgIpc) is 2.88. The van der Waals surface area contributed by atoms with E-state index in [0.717, 1.165) is 5.92 Å². The summed E-state index contributed by atoms with van der Waals surface area (Å²) in [7, 11) is 0. The van der Waals surface area contributed by atoms with Crippen LogP contribution in [-0.4, -0.2) is 19.9 Å². The molecule has 0 spiro atoms. The lowest BCUT2D eigenvalue weighted by Crippen LogP contribution is -2.37. The van der Waals surface area contributed by atoms with Crippen LogP contribution >= 0.6 is 0 Å². The van der Waals surface area contributed by atoms with E-state index in [1.165, 1.54) is 19.3 Å². The number of hydrogen-bond acceptors (Lipinski definition) is 3. The van der Waals surface area contributed by atoms with E-state index in [9.17, 15) is 5.11 Å². The van der Waals surface area contributed by atoms with Crippen LogP contribution in [0.25, 0.3) is 0 Å². The Labute approximate surface area is 102 Å². The molecule has 2 aliphatic rings. The fourth-order valence-electron chi connectivity index (χ4n) is 4.57. The molecule has 1 N–H and O–H groups in total. The van der Waals surface area contributed by atoms with Crippen LogP contribution in [0, 0.1) is 16.7 Å². The summed E-state index contributed by atoms with van der Waals surface area (Å²) in [5, 5.41) is 17.4. The van der Waals surface area contributed by atoms with Gasteiger partial charge in [0, 0.05) is 6.04 Å². The van der Waals surface area contributed by atoms with Crippen LogP contribution < -0.4 is 0 Å².